The second kappa shape index (κ2) is 7.32. The van der Waals surface area contributed by atoms with Crippen molar-refractivity contribution in [2.45, 2.75) is 5.22 Å². The van der Waals surface area contributed by atoms with E-state index in [4.69, 9.17) is 16.0 Å². The quantitative estimate of drug-likeness (QED) is 0.337. The molecule has 0 aliphatic carbocycles. The highest BCUT2D eigenvalue weighted by atomic mass is 35.5. The van der Waals surface area contributed by atoms with Gasteiger partial charge in [-0.05, 0) is 41.1 Å². The Bertz CT molecular complexity index is 1070. The topological polar surface area (TPSA) is 56.0 Å². The average Bonchev–Trinajstić information content (AvgIpc) is 3.15. The van der Waals surface area contributed by atoms with Crippen molar-refractivity contribution < 1.29 is 9.21 Å². The molecule has 0 fully saturated rings. The van der Waals surface area contributed by atoms with Gasteiger partial charge in [-0.3, -0.25) is 4.79 Å². The van der Waals surface area contributed by atoms with Gasteiger partial charge < -0.3 is 4.42 Å². The number of fused-ring (bicyclic) bond motifs is 1. The van der Waals surface area contributed by atoms with E-state index >= 15 is 0 Å². The number of hydrogen-bond acceptors (Lipinski definition) is 5. The highest BCUT2D eigenvalue weighted by Crippen LogP contribution is 2.29. The largest absolute Gasteiger partial charge is 0.411 e. The van der Waals surface area contributed by atoms with Crippen molar-refractivity contribution in [3.63, 3.8) is 0 Å². The zero-order valence-electron chi connectivity index (χ0n) is 13.6. The van der Waals surface area contributed by atoms with Crippen molar-refractivity contribution in [2.75, 3.05) is 5.75 Å². The summed E-state index contributed by atoms with van der Waals surface area (Å²) in [6.45, 7) is 0. The van der Waals surface area contributed by atoms with E-state index in [0.29, 0.717) is 21.7 Å². The molecular formula is C20H13ClN2O2S. The van der Waals surface area contributed by atoms with Crippen LogP contribution in [0.2, 0.25) is 5.02 Å². The van der Waals surface area contributed by atoms with Crippen molar-refractivity contribution in [2.24, 2.45) is 0 Å². The Kier molecular flexibility index (Phi) is 4.73. The van der Waals surface area contributed by atoms with E-state index in [9.17, 15) is 4.79 Å². The van der Waals surface area contributed by atoms with Gasteiger partial charge >= 0.3 is 0 Å². The van der Waals surface area contributed by atoms with Crippen LogP contribution in [0.1, 0.15) is 10.4 Å². The van der Waals surface area contributed by atoms with Crippen LogP contribution in [-0.4, -0.2) is 21.7 Å². The molecule has 4 rings (SSSR count). The molecule has 3 aromatic carbocycles. The molecule has 0 radical (unpaired) electrons. The number of benzene rings is 3. The molecule has 0 saturated carbocycles. The minimum absolute atomic E-state index is 0.0171. The summed E-state index contributed by atoms with van der Waals surface area (Å²) >= 11 is 7.07. The Balaban J connectivity index is 1.51. The Hall–Kier alpha value is -2.63. The van der Waals surface area contributed by atoms with Crippen LogP contribution in [0.3, 0.4) is 0 Å². The number of rotatable bonds is 5. The summed E-state index contributed by atoms with van der Waals surface area (Å²) in [5.41, 5.74) is 1.49. The number of carbonyl (C=O) groups excluding carboxylic acids is 1. The van der Waals surface area contributed by atoms with Crippen LogP contribution < -0.4 is 0 Å². The van der Waals surface area contributed by atoms with Crippen molar-refractivity contribution in [3.8, 4) is 11.5 Å². The molecule has 0 atom stereocenters. The number of aromatic nitrogens is 2. The lowest BCUT2D eigenvalue weighted by atomic mass is 10.0. The van der Waals surface area contributed by atoms with Gasteiger partial charge in [0.05, 0.1) is 5.75 Å². The summed E-state index contributed by atoms with van der Waals surface area (Å²) in [5, 5.41) is 11.3. The van der Waals surface area contributed by atoms with E-state index in [1.165, 1.54) is 11.8 Å². The van der Waals surface area contributed by atoms with E-state index < -0.39 is 0 Å². The fraction of sp³-hybridized carbons (Fsp3) is 0.0500. The lowest BCUT2D eigenvalue weighted by Gasteiger charge is -2.01. The van der Waals surface area contributed by atoms with E-state index in [-0.39, 0.29) is 11.5 Å². The number of carbonyl (C=O) groups is 1. The van der Waals surface area contributed by atoms with Gasteiger partial charge in [-0.25, -0.2) is 0 Å². The fourth-order valence-electron chi connectivity index (χ4n) is 2.64. The first-order valence-corrected chi connectivity index (χ1v) is 9.30. The molecule has 0 spiro atoms. The van der Waals surface area contributed by atoms with Crippen molar-refractivity contribution >= 4 is 39.9 Å². The molecular weight excluding hydrogens is 368 g/mol. The van der Waals surface area contributed by atoms with Gasteiger partial charge in [0.15, 0.2) is 5.78 Å². The highest BCUT2D eigenvalue weighted by molar-refractivity contribution is 7.99. The maximum absolute atomic E-state index is 12.2. The summed E-state index contributed by atoms with van der Waals surface area (Å²) in [4.78, 5) is 12.2. The Morgan fingerprint density at radius 1 is 0.962 bits per heavy atom. The molecule has 0 N–H and O–H groups in total. The molecule has 0 bridgehead atoms. The van der Waals surface area contributed by atoms with Gasteiger partial charge in [0.25, 0.3) is 5.22 Å². The lowest BCUT2D eigenvalue weighted by Crippen LogP contribution is -2.01. The van der Waals surface area contributed by atoms with Gasteiger partial charge in [0, 0.05) is 16.1 Å². The predicted octanol–water partition coefficient (Wildman–Crippen LogP) is 5.52. The number of Topliss-reactive ketones (excluding diaryl/α,β-unsaturated/α-hetero) is 1. The molecule has 128 valence electrons. The van der Waals surface area contributed by atoms with Crippen LogP contribution in [-0.2, 0) is 0 Å². The second-order valence-corrected chi connectivity index (χ2v) is 6.98. The summed E-state index contributed by atoms with van der Waals surface area (Å²) in [6, 6.07) is 20.8. The predicted molar refractivity (Wildman–Crippen MR) is 104 cm³/mol. The molecule has 1 aromatic heterocycles. The van der Waals surface area contributed by atoms with E-state index in [0.717, 1.165) is 16.3 Å². The molecule has 1 heterocycles. The van der Waals surface area contributed by atoms with Gasteiger partial charge in [-0.15, -0.1) is 10.2 Å². The van der Waals surface area contributed by atoms with Gasteiger partial charge in [-0.2, -0.15) is 0 Å². The first-order valence-electron chi connectivity index (χ1n) is 7.94. The number of ketones is 1. The van der Waals surface area contributed by atoms with Crippen LogP contribution in [0.25, 0.3) is 22.2 Å². The lowest BCUT2D eigenvalue weighted by molar-refractivity contribution is 0.102. The number of nitrogens with zero attached hydrogens (tertiary/aromatic N) is 2. The zero-order chi connectivity index (χ0) is 17.9. The third kappa shape index (κ3) is 3.49. The van der Waals surface area contributed by atoms with Crippen molar-refractivity contribution in [1.29, 1.82) is 0 Å². The van der Waals surface area contributed by atoms with E-state index in [1.54, 1.807) is 24.3 Å². The molecule has 4 aromatic rings. The standard InChI is InChI=1S/C20H13ClN2O2S/c21-15-10-8-14(9-11-15)18(24)12-26-20-23-22-19(25-20)17-7-3-5-13-4-1-2-6-16(13)17/h1-11H,12H2. The Labute approximate surface area is 159 Å². The van der Waals surface area contributed by atoms with Crippen molar-refractivity contribution in [3.05, 3.63) is 77.3 Å². The van der Waals surface area contributed by atoms with Crippen molar-refractivity contribution in [1.82, 2.24) is 10.2 Å². The summed E-state index contributed by atoms with van der Waals surface area (Å²) < 4.78 is 5.75. The molecule has 0 aliphatic heterocycles. The Morgan fingerprint density at radius 3 is 2.58 bits per heavy atom. The van der Waals surface area contributed by atoms with Crippen LogP contribution in [0.4, 0.5) is 0 Å². The molecule has 0 unspecified atom stereocenters. The molecule has 6 heteroatoms. The monoisotopic (exact) mass is 380 g/mol. The molecule has 0 aliphatic rings. The van der Waals surface area contributed by atoms with Crippen LogP contribution in [0.5, 0.6) is 0 Å². The summed E-state index contributed by atoms with van der Waals surface area (Å²) in [5.74, 6) is 0.651. The molecule has 4 nitrogen and oxygen atoms in total. The maximum Gasteiger partial charge on any atom is 0.277 e. The second-order valence-electron chi connectivity index (χ2n) is 5.62. The van der Waals surface area contributed by atoms with Crippen LogP contribution in [0.15, 0.2) is 76.4 Å². The average molecular weight is 381 g/mol. The first-order chi connectivity index (χ1) is 12.7. The third-order valence-corrected chi connectivity index (χ3v) is 4.99. The summed E-state index contributed by atoms with van der Waals surface area (Å²) in [7, 11) is 0. The van der Waals surface area contributed by atoms with Gasteiger partial charge in [-0.1, -0.05) is 59.8 Å². The smallest absolute Gasteiger partial charge is 0.277 e. The molecule has 26 heavy (non-hydrogen) atoms. The molecule has 0 saturated heterocycles. The highest BCUT2D eigenvalue weighted by Gasteiger charge is 2.14. The Morgan fingerprint density at radius 2 is 1.73 bits per heavy atom. The number of hydrogen-bond donors (Lipinski definition) is 0. The molecule has 0 amide bonds. The van der Waals surface area contributed by atoms with E-state index in [2.05, 4.69) is 10.2 Å². The van der Waals surface area contributed by atoms with Gasteiger partial charge in [0.2, 0.25) is 5.89 Å². The van der Waals surface area contributed by atoms with Crippen LogP contribution >= 0.6 is 23.4 Å². The minimum atomic E-state index is -0.0171. The normalized spacial score (nSPS) is 11.0. The zero-order valence-corrected chi connectivity index (χ0v) is 15.1. The first kappa shape index (κ1) is 16.8. The van der Waals surface area contributed by atoms with Crippen LogP contribution in [0, 0.1) is 0 Å². The number of halogens is 1. The fourth-order valence-corrected chi connectivity index (χ4v) is 3.42. The summed E-state index contributed by atoms with van der Waals surface area (Å²) in [6.07, 6.45) is 0. The number of thioether (sulfide) groups is 1. The van der Waals surface area contributed by atoms with E-state index in [1.807, 2.05) is 42.5 Å². The van der Waals surface area contributed by atoms with Gasteiger partial charge in [0.1, 0.15) is 0 Å². The third-order valence-electron chi connectivity index (χ3n) is 3.92. The maximum atomic E-state index is 12.2. The minimum Gasteiger partial charge on any atom is -0.411 e. The SMILES string of the molecule is O=C(CSc1nnc(-c2cccc3ccccc23)o1)c1ccc(Cl)cc1.